The summed E-state index contributed by atoms with van der Waals surface area (Å²) in [4.78, 5) is 19.4. The number of aliphatic hydroxyl groups is 1. The van der Waals surface area contributed by atoms with Crippen LogP contribution in [-0.2, 0) is 12.8 Å². The van der Waals surface area contributed by atoms with E-state index in [1.165, 1.54) is 0 Å². The summed E-state index contributed by atoms with van der Waals surface area (Å²) in [6, 6.07) is 17.7. The van der Waals surface area contributed by atoms with E-state index in [1.807, 2.05) is 48.5 Å². The van der Waals surface area contributed by atoms with Crippen LogP contribution >= 0.6 is 0 Å². The van der Waals surface area contributed by atoms with Gasteiger partial charge >= 0.3 is 0 Å². The van der Waals surface area contributed by atoms with Crippen LogP contribution in [0.3, 0.4) is 0 Å². The molecule has 5 rings (SSSR count). The van der Waals surface area contributed by atoms with Crippen LogP contribution in [-0.4, -0.2) is 35.7 Å². The van der Waals surface area contributed by atoms with Crippen LogP contribution in [0.15, 0.2) is 71.5 Å². The molecule has 0 aliphatic carbocycles. The summed E-state index contributed by atoms with van der Waals surface area (Å²) in [6.45, 7) is 0.879. The van der Waals surface area contributed by atoms with Crippen LogP contribution in [0.5, 0.6) is 0 Å². The zero-order chi connectivity index (χ0) is 21.2. The molecule has 156 valence electrons. The minimum Gasteiger partial charge on any atom is -0.464 e. The normalized spacial score (nSPS) is 12.5. The molecule has 0 saturated heterocycles. The topological polar surface area (TPSA) is 78.6 Å². The molecule has 1 amide bonds. The number of hydrogen-bond donors (Lipinski definition) is 2. The lowest BCUT2D eigenvalue weighted by atomic mass is 10.0. The van der Waals surface area contributed by atoms with Crippen molar-refractivity contribution in [2.45, 2.75) is 12.8 Å². The second kappa shape index (κ2) is 8.24. The van der Waals surface area contributed by atoms with Gasteiger partial charge in [-0.15, -0.1) is 0 Å². The van der Waals surface area contributed by atoms with Gasteiger partial charge in [-0.2, -0.15) is 0 Å². The van der Waals surface area contributed by atoms with Crippen molar-refractivity contribution < 1.29 is 14.3 Å². The van der Waals surface area contributed by atoms with E-state index in [0.717, 1.165) is 46.3 Å². The average Bonchev–Trinajstić information content (AvgIpc) is 3.46. The fraction of sp³-hybridized carbons (Fsp3) is 0.200. The van der Waals surface area contributed by atoms with Crippen LogP contribution in [0.1, 0.15) is 27.0 Å². The maximum atomic E-state index is 13.4. The van der Waals surface area contributed by atoms with E-state index in [4.69, 9.17) is 4.42 Å². The van der Waals surface area contributed by atoms with Gasteiger partial charge < -0.3 is 14.8 Å². The molecule has 0 radical (unpaired) electrons. The zero-order valence-electron chi connectivity index (χ0n) is 17.0. The fourth-order valence-corrected chi connectivity index (χ4v) is 4.19. The van der Waals surface area contributed by atoms with Crippen LogP contribution in [0.2, 0.25) is 0 Å². The van der Waals surface area contributed by atoms with Gasteiger partial charge in [-0.1, -0.05) is 12.1 Å². The van der Waals surface area contributed by atoms with Crippen LogP contribution < -0.4 is 10.2 Å². The number of rotatable bonds is 6. The molecule has 1 aliphatic heterocycles. The van der Waals surface area contributed by atoms with Gasteiger partial charge in [-0.05, 0) is 72.0 Å². The lowest BCUT2D eigenvalue weighted by molar-refractivity contribution is 0.0979. The van der Waals surface area contributed by atoms with E-state index >= 15 is 0 Å². The maximum Gasteiger partial charge on any atom is 0.259 e. The van der Waals surface area contributed by atoms with E-state index in [1.54, 1.807) is 17.4 Å². The number of hydrogen-bond acceptors (Lipinski definition) is 5. The molecule has 1 aliphatic rings. The molecule has 0 bridgehead atoms. The molecule has 0 fully saturated rings. The zero-order valence-corrected chi connectivity index (χ0v) is 17.0. The Morgan fingerprint density at radius 2 is 2.03 bits per heavy atom. The molecule has 0 unspecified atom stereocenters. The highest BCUT2D eigenvalue weighted by Gasteiger charge is 2.24. The number of aliphatic hydroxyl groups excluding tert-OH is 1. The highest BCUT2D eigenvalue weighted by Crippen LogP contribution is 2.28. The van der Waals surface area contributed by atoms with E-state index in [0.29, 0.717) is 17.8 Å². The number of carbonyl (C=O) groups excluding carboxylic acids is 1. The van der Waals surface area contributed by atoms with Gasteiger partial charge in [0.25, 0.3) is 5.91 Å². The summed E-state index contributed by atoms with van der Waals surface area (Å²) in [5.41, 5.74) is 5.75. The highest BCUT2D eigenvalue weighted by molar-refractivity contribution is 6.07. The van der Waals surface area contributed by atoms with Gasteiger partial charge in [0, 0.05) is 29.4 Å². The first kappa shape index (κ1) is 19.3. The van der Waals surface area contributed by atoms with E-state index in [-0.39, 0.29) is 19.1 Å². The van der Waals surface area contributed by atoms with Crippen molar-refractivity contribution in [3.8, 4) is 0 Å². The molecule has 2 aromatic carbocycles. The molecule has 0 atom stereocenters. The molecule has 6 heteroatoms. The molecule has 4 aromatic rings. The predicted molar refractivity (Wildman–Crippen MR) is 121 cm³/mol. The Morgan fingerprint density at radius 3 is 2.94 bits per heavy atom. The summed E-state index contributed by atoms with van der Waals surface area (Å²) in [6.07, 6.45) is 4.93. The van der Waals surface area contributed by atoms with Crippen molar-refractivity contribution in [2.24, 2.45) is 0 Å². The molecule has 6 nitrogen and oxygen atoms in total. The number of furan rings is 1. The Hall–Kier alpha value is -3.64. The molecule has 0 spiro atoms. The SMILES string of the molecule is O=C(c1cccc2c1CCN2)N(CCO)c1cc(Cc2ccc3occc3c2)ccn1. The number of benzene rings is 2. The third-order valence-corrected chi connectivity index (χ3v) is 5.68. The number of aromatic nitrogens is 1. The summed E-state index contributed by atoms with van der Waals surface area (Å²) in [5, 5.41) is 14.0. The third kappa shape index (κ3) is 3.78. The molecular formula is C25H23N3O3. The van der Waals surface area contributed by atoms with E-state index in [9.17, 15) is 9.90 Å². The second-order valence-corrected chi connectivity index (χ2v) is 7.68. The minimum absolute atomic E-state index is 0.137. The van der Waals surface area contributed by atoms with Crippen LogP contribution in [0, 0.1) is 0 Å². The first-order valence-corrected chi connectivity index (χ1v) is 10.4. The van der Waals surface area contributed by atoms with Gasteiger partial charge in [0.05, 0.1) is 19.4 Å². The first-order valence-electron chi connectivity index (χ1n) is 10.4. The molecule has 31 heavy (non-hydrogen) atoms. The summed E-state index contributed by atoms with van der Waals surface area (Å²) in [7, 11) is 0. The molecular weight excluding hydrogens is 390 g/mol. The smallest absolute Gasteiger partial charge is 0.259 e. The Morgan fingerprint density at radius 1 is 1.13 bits per heavy atom. The summed E-state index contributed by atoms with van der Waals surface area (Å²) >= 11 is 0. The van der Waals surface area contributed by atoms with Crippen molar-refractivity contribution in [1.29, 1.82) is 0 Å². The Kier molecular flexibility index (Phi) is 5.14. The number of carbonyl (C=O) groups is 1. The number of anilines is 2. The van der Waals surface area contributed by atoms with E-state index < -0.39 is 0 Å². The summed E-state index contributed by atoms with van der Waals surface area (Å²) in [5.74, 6) is 0.406. The molecule has 3 heterocycles. The van der Waals surface area contributed by atoms with Crippen molar-refractivity contribution in [3.63, 3.8) is 0 Å². The van der Waals surface area contributed by atoms with Crippen molar-refractivity contribution in [1.82, 2.24) is 4.98 Å². The van der Waals surface area contributed by atoms with Crippen molar-refractivity contribution in [3.05, 3.63) is 89.3 Å². The number of nitrogens with one attached hydrogen (secondary N) is 1. The number of amides is 1. The first-order chi connectivity index (χ1) is 15.2. The van der Waals surface area contributed by atoms with Crippen molar-refractivity contribution >= 4 is 28.4 Å². The lowest BCUT2D eigenvalue weighted by Crippen LogP contribution is -2.34. The van der Waals surface area contributed by atoms with Gasteiger partial charge in [-0.3, -0.25) is 9.69 Å². The Bertz CT molecular complexity index is 1250. The summed E-state index contributed by atoms with van der Waals surface area (Å²) < 4.78 is 5.42. The molecule has 2 N–H and O–H groups in total. The molecule has 0 saturated carbocycles. The largest absolute Gasteiger partial charge is 0.464 e. The average molecular weight is 413 g/mol. The number of fused-ring (bicyclic) bond motifs is 2. The highest BCUT2D eigenvalue weighted by atomic mass is 16.3. The standard InChI is InChI=1S/C25H23N3O3/c29-12-11-28(25(30)21-2-1-3-22-20(21)7-10-26-22)24-16-18(6-9-27-24)14-17-4-5-23-19(15-17)8-13-31-23/h1-6,8-9,13,15-16,26,29H,7,10-12,14H2. The third-order valence-electron chi connectivity index (χ3n) is 5.68. The van der Waals surface area contributed by atoms with Crippen molar-refractivity contribution in [2.75, 3.05) is 29.9 Å². The van der Waals surface area contributed by atoms with Gasteiger partial charge in [-0.25, -0.2) is 4.98 Å². The number of nitrogens with zero attached hydrogens (tertiary/aromatic N) is 2. The number of pyridine rings is 1. The predicted octanol–water partition coefficient (Wildman–Crippen LogP) is 4.03. The molecule has 2 aromatic heterocycles. The Labute approximate surface area is 180 Å². The lowest BCUT2D eigenvalue weighted by Gasteiger charge is -2.22. The van der Waals surface area contributed by atoms with Gasteiger partial charge in [0.1, 0.15) is 11.4 Å². The Balaban J connectivity index is 1.44. The van der Waals surface area contributed by atoms with Gasteiger partial charge in [0.15, 0.2) is 0 Å². The maximum absolute atomic E-state index is 13.4. The van der Waals surface area contributed by atoms with E-state index in [2.05, 4.69) is 16.4 Å². The second-order valence-electron chi connectivity index (χ2n) is 7.68. The quantitative estimate of drug-likeness (QED) is 0.499. The van der Waals surface area contributed by atoms with Crippen LogP contribution in [0.25, 0.3) is 11.0 Å². The fourth-order valence-electron chi connectivity index (χ4n) is 4.19. The monoisotopic (exact) mass is 413 g/mol. The van der Waals surface area contributed by atoms with Crippen LogP contribution in [0.4, 0.5) is 11.5 Å². The minimum atomic E-state index is -0.140. The van der Waals surface area contributed by atoms with Gasteiger partial charge in [0.2, 0.25) is 0 Å².